The molecular formula is C14H26N2O2. The van der Waals surface area contributed by atoms with Gasteiger partial charge in [-0.25, -0.2) is 0 Å². The molecule has 2 rings (SSSR count). The fourth-order valence-electron chi connectivity index (χ4n) is 3.21. The first-order valence-electron chi connectivity index (χ1n) is 7.25. The average molecular weight is 254 g/mol. The zero-order valence-electron chi connectivity index (χ0n) is 11.8. The van der Waals surface area contributed by atoms with Crippen molar-refractivity contribution < 1.29 is 9.53 Å². The van der Waals surface area contributed by atoms with Crippen LogP contribution in [0.25, 0.3) is 0 Å². The molecule has 2 aliphatic heterocycles. The zero-order chi connectivity index (χ0) is 13.1. The topological polar surface area (TPSA) is 41.6 Å². The van der Waals surface area contributed by atoms with Crippen LogP contribution in [0.3, 0.4) is 0 Å². The highest BCUT2D eigenvalue weighted by atomic mass is 16.5. The summed E-state index contributed by atoms with van der Waals surface area (Å²) in [6, 6.07) is 0.582. The van der Waals surface area contributed by atoms with E-state index >= 15 is 0 Å². The molecular weight excluding hydrogens is 228 g/mol. The largest absolute Gasteiger partial charge is 0.379 e. The minimum absolute atomic E-state index is 0.0146. The molecule has 18 heavy (non-hydrogen) atoms. The molecule has 0 aromatic heterocycles. The number of amides is 1. The maximum absolute atomic E-state index is 12.6. The van der Waals surface area contributed by atoms with Crippen LogP contribution in [0.1, 0.15) is 33.6 Å². The van der Waals surface area contributed by atoms with Crippen molar-refractivity contribution in [1.29, 1.82) is 0 Å². The zero-order valence-corrected chi connectivity index (χ0v) is 11.8. The van der Waals surface area contributed by atoms with Gasteiger partial charge in [0.05, 0.1) is 19.1 Å². The molecule has 2 fully saturated rings. The lowest BCUT2D eigenvalue weighted by molar-refractivity contribution is -0.140. The highest BCUT2D eigenvalue weighted by molar-refractivity contribution is 5.80. The summed E-state index contributed by atoms with van der Waals surface area (Å²) >= 11 is 0. The normalized spacial score (nSPS) is 36.9. The molecule has 104 valence electrons. The van der Waals surface area contributed by atoms with Crippen molar-refractivity contribution in [2.45, 2.75) is 45.7 Å². The van der Waals surface area contributed by atoms with Crippen LogP contribution < -0.4 is 5.32 Å². The number of likely N-dealkylation sites (N-methyl/N-ethyl adjacent to an activating group) is 1. The summed E-state index contributed by atoms with van der Waals surface area (Å²) in [7, 11) is 0. The van der Waals surface area contributed by atoms with E-state index in [9.17, 15) is 4.79 Å². The van der Waals surface area contributed by atoms with Gasteiger partial charge >= 0.3 is 0 Å². The van der Waals surface area contributed by atoms with Crippen molar-refractivity contribution >= 4 is 5.91 Å². The van der Waals surface area contributed by atoms with Gasteiger partial charge in [-0.05, 0) is 32.2 Å². The van der Waals surface area contributed by atoms with Gasteiger partial charge in [0.15, 0.2) is 0 Å². The van der Waals surface area contributed by atoms with Crippen LogP contribution in [0.5, 0.6) is 0 Å². The number of piperidine rings is 1. The number of carbonyl (C=O) groups excluding carboxylic acids is 1. The second-order valence-corrected chi connectivity index (χ2v) is 5.82. The molecule has 0 aliphatic carbocycles. The molecule has 0 saturated carbocycles. The summed E-state index contributed by atoms with van der Waals surface area (Å²) in [4.78, 5) is 14.7. The summed E-state index contributed by atoms with van der Waals surface area (Å²) in [6.45, 7) is 9.58. The van der Waals surface area contributed by atoms with Crippen molar-refractivity contribution in [2.24, 2.45) is 11.8 Å². The van der Waals surface area contributed by atoms with E-state index in [1.807, 2.05) is 0 Å². The number of rotatable bonds is 3. The fraction of sp³-hybridized carbons (Fsp3) is 0.929. The third-order valence-electron chi connectivity index (χ3n) is 4.29. The van der Waals surface area contributed by atoms with Gasteiger partial charge in [0.25, 0.3) is 0 Å². The Kier molecular flexibility index (Phi) is 4.62. The van der Waals surface area contributed by atoms with E-state index in [1.165, 1.54) is 0 Å². The second kappa shape index (κ2) is 6.02. The van der Waals surface area contributed by atoms with Gasteiger partial charge in [0.1, 0.15) is 0 Å². The third-order valence-corrected chi connectivity index (χ3v) is 4.29. The van der Waals surface area contributed by atoms with Gasteiger partial charge in [-0.2, -0.15) is 0 Å². The summed E-state index contributed by atoms with van der Waals surface area (Å²) in [5.74, 6) is 1.05. The Morgan fingerprint density at radius 3 is 2.83 bits per heavy atom. The molecule has 0 radical (unpaired) electrons. The monoisotopic (exact) mass is 254 g/mol. The van der Waals surface area contributed by atoms with Crippen LogP contribution in [0.4, 0.5) is 0 Å². The Balaban J connectivity index is 1.97. The molecule has 4 nitrogen and oxygen atoms in total. The molecule has 2 saturated heterocycles. The Labute approximate surface area is 110 Å². The molecule has 0 spiro atoms. The van der Waals surface area contributed by atoms with Gasteiger partial charge in [-0.15, -0.1) is 0 Å². The standard InChI is InChI=1S/C14H26N2O2/c1-4-15-13-9-18-8-12(13)14(17)16-6-5-10(2)7-11(16)3/h10-13,15H,4-9H2,1-3H3. The third kappa shape index (κ3) is 2.86. The van der Waals surface area contributed by atoms with E-state index in [-0.39, 0.29) is 17.9 Å². The van der Waals surface area contributed by atoms with Crippen molar-refractivity contribution in [3.8, 4) is 0 Å². The molecule has 0 aromatic rings. The van der Waals surface area contributed by atoms with Gasteiger partial charge in [0.2, 0.25) is 5.91 Å². The van der Waals surface area contributed by atoms with Crippen molar-refractivity contribution in [3.05, 3.63) is 0 Å². The summed E-state index contributed by atoms with van der Waals surface area (Å²) in [6.07, 6.45) is 2.26. The van der Waals surface area contributed by atoms with Crippen molar-refractivity contribution in [1.82, 2.24) is 10.2 Å². The van der Waals surface area contributed by atoms with Crippen LogP contribution in [-0.4, -0.2) is 49.2 Å². The van der Waals surface area contributed by atoms with Gasteiger partial charge < -0.3 is 15.0 Å². The van der Waals surface area contributed by atoms with Crippen molar-refractivity contribution in [3.63, 3.8) is 0 Å². The Hall–Kier alpha value is -0.610. The van der Waals surface area contributed by atoms with Crippen LogP contribution in [0.2, 0.25) is 0 Å². The minimum Gasteiger partial charge on any atom is -0.379 e. The van der Waals surface area contributed by atoms with E-state index in [2.05, 4.69) is 31.0 Å². The molecule has 4 atom stereocenters. The number of carbonyl (C=O) groups is 1. The predicted molar refractivity (Wildman–Crippen MR) is 71.3 cm³/mol. The number of nitrogens with one attached hydrogen (secondary N) is 1. The maximum atomic E-state index is 12.6. The lowest BCUT2D eigenvalue weighted by Crippen LogP contribution is -2.51. The molecule has 2 aliphatic rings. The van der Waals surface area contributed by atoms with Gasteiger partial charge in [-0.3, -0.25) is 4.79 Å². The smallest absolute Gasteiger partial charge is 0.229 e. The number of likely N-dealkylation sites (tertiary alicyclic amines) is 1. The first-order chi connectivity index (χ1) is 8.63. The molecule has 2 heterocycles. The highest BCUT2D eigenvalue weighted by Gasteiger charge is 2.38. The number of nitrogens with zero attached hydrogens (tertiary/aromatic N) is 1. The van der Waals surface area contributed by atoms with Crippen LogP contribution in [0.15, 0.2) is 0 Å². The van der Waals surface area contributed by atoms with E-state index in [1.54, 1.807) is 0 Å². The van der Waals surface area contributed by atoms with E-state index in [4.69, 9.17) is 4.74 Å². The van der Waals surface area contributed by atoms with Gasteiger partial charge in [0, 0.05) is 18.6 Å². The molecule has 4 heteroatoms. The average Bonchev–Trinajstić information content (AvgIpc) is 2.77. The van der Waals surface area contributed by atoms with Crippen LogP contribution >= 0.6 is 0 Å². The fourth-order valence-corrected chi connectivity index (χ4v) is 3.21. The summed E-state index contributed by atoms with van der Waals surface area (Å²) in [5, 5.41) is 3.37. The summed E-state index contributed by atoms with van der Waals surface area (Å²) in [5.41, 5.74) is 0. The van der Waals surface area contributed by atoms with E-state index in [0.29, 0.717) is 19.3 Å². The van der Waals surface area contributed by atoms with Gasteiger partial charge in [-0.1, -0.05) is 13.8 Å². The molecule has 1 amide bonds. The SMILES string of the molecule is CCNC1COCC1C(=O)N1CCC(C)CC1C. The lowest BCUT2D eigenvalue weighted by Gasteiger charge is -2.38. The Morgan fingerprint density at radius 2 is 2.17 bits per heavy atom. The van der Waals surface area contributed by atoms with Crippen LogP contribution in [0, 0.1) is 11.8 Å². The van der Waals surface area contributed by atoms with E-state index < -0.39 is 0 Å². The molecule has 1 N–H and O–H groups in total. The summed E-state index contributed by atoms with van der Waals surface area (Å²) < 4.78 is 5.48. The number of hydrogen-bond donors (Lipinski definition) is 1. The Bertz CT molecular complexity index is 292. The number of hydrogen-bond acceptors (Lipinski definition) is 3. The maximum Gasteiger partial charge on any atom is 0.229 e. The minimum atomic E-state index is 0.0146. The quantitative estimate of drug-likeness (QED) is 0.824. The first kappa shape index (κ1) is 13.8. The Morgan fingerprint density at radius 1 is 1.39 bits per heavy atom. The lowest BCUT2D eigenvalue weighted by atomic mass is 9.91. The molecule has 0 bridgehead atoms. The van der Waals surface area contributed by atoms with E-state index in [0.717, 1.165) is 31.8 Å². The van der Waals surface area contributed by atoms with Crippen LogP contribution in [-0.2, 0) is 9.53 Å². The highest BCUT2D eigenvalue weighted by Crippen LogP contribution is 2.26. The predicted octanol–water partition coefficient (Wildman–Crippen LogP) is 1.26. The first-order valence-corrected chi connectivity index (χ1v) is 7.25. The molecule has 4 unspecified atom stereocenters. The molecule has 0 aromatic carbocycles. The van der Waals surface area contributed by atoms with Crippen molar-refractivity contribution in [2.75, 3.05) is 26.3 Å². The number of ether oxygens (including phenoxy) is 1. The second-order valence-electron chi connectivity index (χ2n) is 5.82.